The Morgan fingerprint density at radius 3 is 2.68 bits per heavy atom. The maximum atomic E-state index is 11.6. The van der Waals surface area contributed by atoms with Gasteiger partial charge in [-0.15, -0.1) is 0 Å². The Kier molecular flexibility index (Phi) is 4.87. The summed E-state index contributed by atoms with van der Waals surface area (Å²) in [6, 6.07) is 6.44. The minimum Gasteiger partial charge on any atom is -0.477 e. The van der Waals surface area contributed by atoms with Gasteiger partial charge in [0.25, 0.3) is 5.56 Å². The summed E-state index contributed by atoms with van der Waals surface area (Å²) in [5, 5.41) is 17.9. The van der Waals surface area contributed by atoms with Crippen LogP contribution in [0, 0.1) is 16.7 Å². The molecule has 0 amide bonds. The highest BCUT2D eigenvalue weighted by atomic mass is 16.4. The van der Waals surface area contributed by atoms with Gasteiger partial charge in [0.15, 0.2) is 0 Å². The first-order chi connectivity index (χ1) is 8.87. The third-order valence-corrected chi connectivity index (χ3v) is 3.01. The number of aromatic nitrogens is 1. The van der Waals surface area contributed by atoms with E-state index in [0.29, 0.717) is 13.0 Å². The summed E-state index contributed by atoms with van der Waals surface area (Å²) in [6.45, 7) is 4.09. The Bertz CT molecular complexity index is 553. The molecular weight excluding hydrogens is 244 g/mol. The van der Waals surface area contributed by atoms with Crippen molar-refractivity contribution in [3.63, 3.8) is 0 Å². The van der Waals surface area contributed by atoms with Crippen LogP contribution in [0.1, 0.15) is 43.6 Å². The monoisotopic (exact) mass is 262 g/mol. The molecular formula is C14H18N2O3. The standard InChI is InChI=1S/C14H18N2O3/c1-14(2,10-15)8-3-4-9-16-11(13(18)19)6-5-7-12(16)17/h5-7H,3-4,8-9H2,1-2H3,(H,18,19). The maximum absolute atomic E-state index is 11.6. The van der Waals surface area contributed by atoms with Gasteiger partial charge in [0.05, 0.1) is 11.5 Å². The summed E-state index contributed by atoms with van der Waals surface area (Å²) >= 11 is 0. The Labute approximate surface area is 112 Å². The number of unbranched alkanes of at least 4 members (excludes halogenated alkanes) is 1. The fraction of sp³-hybridized carbons (Fsp3) is 0.500. The van der Waals surface area contributed by atoms with Crippen molar-refractivity contribution in [1.82, 2.24) is 4.57 Å². The molecule has 1 heterocycles. The van der Waals surface area contributed by atoms with E-state index in [9.17, 15) is 9.59 Å². The zero-order chi connectivity index (χ0) is 14.5. The molecule has 0 aliphatic rings. The average Bonchev–Trinajstić information content (AvgIpc) is 2.35. The highest BCUT2D eigenvalue weighted by molar-refractivity contribution is 5.85. The van der Waals surface area contributed by atoms with E-state index >= 15 is 0 Å². The Morgan fingerprint density at radius 2 is 2.11 bits per heavy atom. The highest BCUT2D eigenvalue weighted by Crippen LogP contribution is 2.21. The third kappa shape index (κ3) is 4.25. The van der Waals surface area contributed by atoms with Crippen LogP contribution in [-0.2, 0) is 6.54 Å². The van der Waals surface area contributed by atoms with Gasteiger partial charge in [-0.25, -0.2) is 4.79 Å². The number of carboxylic acids is 1. The summed E-state index contributed by atoms with van der Waals surface area (Å²) in [5.74, 6) is -1.10. The Hall–Kier alpha value is -2.09. The van der Waals surface area contributed by atoms with Gasteiger partial charge in [-0.05, 0) is 32.8 Å². The normalized spacial score (nSPS) is 11.0. The average molecular weight is 262 g/mol. The fourth-order valence-corrected chi connectivity index (χ4v) is 1.83. The van der Waals surface area contributed by atoms with Crippen molar-refractivity contribution >= 4 is 5.97 Å². The quantitative estimate of drug-likeness (QED) is 0.797. The van der Waals surface area contributed by atoms with Gasteiger partial charge < -0.3 is 9.67 Å². The van der Waals surface area contributed by atoms with Crippen molar-refractivity contribution in [3.8, 4) is 6.07 Å². The molecule has 0 unspecified atom stereocenters. The van der Waals surface area contributed by atoms with E-state index in [0.717, 1.165) is 12.8 Å². The van der Waals surface area contributed by atoms with Gasteiger partial charge in [-0.3, -0.25) is 4.79 Å². The third-order valence-electron chi connectivity index (χ3n) is 3.01. The number of rotatable bonds is 6. The largest absolute Gasteiger partial charge is 0.477 e. The summed E-state index contributed by atoms with van der Waals surface area (Å²) in [5.41, 5.74) is -0.677. The molecule has 0 aliphatic carbocycles. The molecule has 0 aliphatic heterocycles. The molecule has 5 heteroatoms. The molecule has 5 nitrogen and oxygen atoms in total. The predicted octanol–water partition coefficient (Wildman–Crippen LogP) is 2.27. The minimum atomic E-state index is -1.10. The van der Waals surface area contributed by atoms with Crippen LogP contribution >= 0.6 is 0 Å². The van der Waals surface area contributed by atoms with Crippen LogP contribution in [0.4, 0.5) is 0 Å². The van der Waals surface area contributed by atoms with E-state index in [2.05, 4.69) is 6.07 Å². The number of nitriles is 1. The second kappa shape index (κ2) is 6.19. The van der Waals surface area contributed by atoms with Crippen LogP contribution in [0.3, 0.4) is 0 Å². The topological polar surface area (TPSA) is 83.1 Å². The lowest BCUT2D eigenvalue weighted by Gasteiger charge is -2.15. The molecule has 1 rings (SSSR count). The van der Waals surface area contributed by atoms with Crippen LogP contribution in [-0.4, -0.2) is 15.6 Å². The van der Waals surface area contributed by atoms with Gasteiger partial charge >= 0.3 is 5.97 Å². The molecule has 1 N–H and O–H groups in total. The van der Waals surface area contributed by atoms with E-state index in [4.69, 9.17) is 10.4 Å². The van der Waals surface area contributed by atoms with E-state index in [1.54, 1.807) is 0 Å². The van der Waals surface area contributed by atoms with E-state index in [1.807, 2.05) is 13.8 Å². The van der Waals surface area contributed by atoms with Crippen molar-refractivity contribution < 1.29 is 9.90 Å². The molecule has 0 spiro atoms. The lowest BCUT2D eigenvalue weighted by Crippen LogP contribution is -2.25. The van der Waals surface area contributed by atoms with Crippen molar-refractivity contribution in [2.45, 2.75) is 39.7 Å². The SMILES string of the molecule is CC(C)(C#N)CCCCn1c(C(=O)O)cccc1=O. The zero-order valence-electron chi connectivity index (χ0n) is 11.2. The van der Waals surface area contributed by atoms with Gasteiger partial charge in [0.2, 0.25) is 0 Å². The molecule has 0 bridgehead atoms. The second-order valence-electron chi connectivity index (χ2n) is 5.16. The predicted molar refractivity (Wildman–Crippen MR) is 70.9 cm³/mol. The number of pyridine rings is 1. The summed E-state index contributed by atoms with van der Waals surface area (Å²) < 4.78 is 1.27. The molecule has 0 saturated carbocycles. The van der Waals surface area contributed by atoms with Crippen LogP contribution < -0.4 is 5.56 Å². The summed E-state index contributed by atoms with van der Waals surface area (Å²) in [4.78, 5) is 22.6. The van der Waals surface area contributed by atoms with Gasteiger partial charge in [0, 0.05) is 12.6 Å². The molecule has 0 fully saturated rings. The maximum Gasteiger partial charge on any atom is 0.352 e. The lowest BCUT2D eigenvalue weighted by molar-refractivity contribution is 0.0683. The van der Waals surface area contributed by atoms with Gasteiger partial charge in [0.1, 0.15) is 5.69 Å². The molecule has 0 aromatic carbocycles. The Morgan fingerprint density at radius 1 is 1.42 bits per heavy atom. The van der Waals surface area contributed by atoms with Crippen LogP contribution in [0.25, 0.3) is 0 Å². The number of nitrogens with zero attached hydrogens (tertiary/aromatic N) is 2. The smallest absolute Gasteiger partial charge is 0.352 e. The van der Waals surface area contributed by atoms with Crippen molar-refractivity contribution in [3.05, 3.63) is 34.2 Å². The fourth-order valence-electron chi connectivity index (χ4n) is 1.83. The highest BCUT2D eigenvalue weighted by Gasteiger charge is 2.16. The van der Waals surface area contributed by atoms with Crippen molar-refractivity contribution in [2.75, 3.05) is 0 Å². The second-order valence-corrected chi connectivity index (χ2v) is 5.16. The number of aromatic carboxylic acids is 1. The molecule has 1 aromatic heterocycles. The molecule has 102 valence electrons. The van der Waals surface area contributed by atoms with Gasteiger partial charge in [-0.2, -0.15) is 5.26 Å². The van der Waals surface area contributed by atoms with E-state index in [-0.39, 0.29) is 16.7 Å². The zero-order valence-corrected chi connectivity index (χ0v) is 11.2. The van der Waals surface area contributed by atoms with Crippen LogP contribution in [0.15, 0.2) is 23.0 Å². The number of carboxylic acid groups (broad SMARTS) is 1. The number of hydrogen-bond donors (Lipinski definition) is 1. The van der Waals surface area contributed by atoms with Crippen LogP contribution in [0.5, 0.6) is 0 Å². The van der Waals surface area contributed by atoms with Gasteiger partial charge in [-0.1, -0.05) is 12.5 Å². The van der Waals surface area contributed by atoms with Crippen molar-refractivity contribution in [2.24, 2.45) is 5.41 Å². The van der Waals surface area contributed by atoms with Crippen molar-refractivity contribution in [1.29, 1.82) is 5.26 Å². The molecule has 0 atom stereocenters. The Balaban J connectivity index is 2.67. The summed E-state index contributed by atoms with van der Waals surface area (Å²) in [6.07, 6.45) is 2.18. The minimum absolute atomic E-state index is 0.00652. The number of hydrogen-bond acceptors (Lipinski definition) is 3. The first-order valence-electron chi connectivity index (χ1n) is 6.22. The first kappa shape index (κ1) is 15.0. The van der Waals surface area contributed by atoms with E-state index < -0.39 is 5.97 Å². The summed E-state index contributed by atoms with van der Waals surface area (Å²) in [7, 11) is 0. The molecule has 1 aromatic rings. The molecule has 0 radical (unpaired) electrons. The van der Waals surface area contributed by atoms with Crippen LogP contribution in [0.2, 0.25) is 0 Å². The molecule has 0 saturated heterocycles. The van der Waals surface area contributed by atoms with E-state index in [1.165, 1.54) is 22.8 Å². The number of carbonyl (C=O) groups is 1. The lowest BCUT2D eigenvalue weighted by atomic mass is 9.89. The molecule has 19 heavy (non-hydrogen) atoms. The first-order valence-corrected chi connectivity index (χ1v) is 6.22.